The van der Waals surface area contributed by atoms with Crippen LogP contribution in [0.1, 0.15) is 81.6 Å². The number of hydrogen-bond donors (Lipinski definition) is 4. The maximum Gasteiger partial charge on any atom is 0.221 e. The molecule has 6 nitrogen and oxygen atoms in total. The van der Waals surface area contributed by atoms with Crippen molar-refractivity contribution < 1.29 is 9.59 Å². The van der Waals surface area contributed by atoms with Crippen LogP contribution >= 0.6 is 0 Å². The van der Waals surface area contributed by atoms with Gasteiger partial charge < -0.3 is 21.3 Å². The number of allylic oxidation sites excluding steroid dienone is 1. The zero-order valence-electron chi connectivity index (χ0n) is 21.8. The highest BCUT2D eigenvalue weighted by atomic mass is 16.2. The smallest absolute Gasteiger partial charge is 0.221 e. The van der Waals surface area contributed by atoms with Crippen molar-refractivity contribution in [2.45, 2.75) is 81.6 Å². The van der Waals surface area contributed by atoms with Gasteiger partial charge in [-0.3, -0.25) is 9.59 Å². The lowest BCUT2D eigenvalue weighted by atomic mass is 9.76. The van der Waals surface area contributed by atoms with Gasteiger partial charge in [0, 0.05) is 57.5 Å². The Hall–Kier alpha value is -1.40. The molecule has 4 N–H and O–H groups in total. The molecule has 0 rings (SSSR count). The van der Waals surface area contributed by atoms with Crippen LogP contribution in [0.25, 0.3) is 0 Å². The molecule has 31 heavy (non-hydrogen) atoms. The fraction of sp³-hybridized carbons (Fsp3) is 0.840. The van der Waals surface area contributed by atoms with Gasteiger partial charge in [0.05, 0.1) is 0 Å². The SMILES string of the molecule is CC(C)=CC(C)(C)CNC(=O)CCNCCNCCC(=O)NCC(C)(C)CC(C)(C)C. The fourth-order valence-electron chi connectivity index (χ4n) is 4.00. The van der Waals surface area contributed by atoms with Crippen molar-refractivity contribution in [2.75, 3.05) is 39.3 Å². The van der Waals surface area contributed by atoms with Crippen LogP contribution in [-0.2, 0) is 9.59 Å². The van der Waals surface area contributed by atoms with Crippen molar-refractivity contribution >= 4 is 11.8 Å². The van der Waals surface area contributed by atoms with Gasteiger partial charge in [0.2, 0.25) is 11.8 Å². The van der Waals surface area contributed by atoms with Gasteiger partial charge in [0.15, 0.2) is 0 Å². The molecule has 0 aliphatic heterocycles. The highest BCUT2D eigenvalue weighted by Gasteiger charge is 2.25. The quantitative estimate of drug-likeness (QED) is 0.232. The summed E-state index contributed by atoms with van der Waals surface area (Å²) in [5, 5.41) is 12.6. The third-order valence-electron chi connectivity index (χ3n) is 4.73. The molecule has 0 saturated carbocycles. The lowest BCUT2D eigenvalue weighted by molar-refractivity contribution is -0.122. The number of hydrogen-bond acceptors (Lipinski definition) is 4. The van der Waals surface area contributed by atoms with E-state index in [1.165, 1.54) is 5.57 Å². The van der Waals surface area contributed by atoms with E-state index in [0.29, 0.717) is 39.0 Å². The second-order valence-corrected chi connectivity index (χ2v) is 11.7. The number of nitrogens with one attached hydrogen (secondary N) is 4. The van der Waals surface area contributed by atoms with Gasteiger partial charge >= 0.3 is 0 Å². The molecule has 6 heteroatoms. The molecule has 0 heterocycles. The van der Waals surface area contributed by atoms with Gasteiger partial charge in [-0.1, -0.05) is 60.1 Å². The molecule has 0 aliphatic rings. The monoisotopic (exact) mass is 438 g/mol. The van der Waals surface area contributed by atoms with E-state index in [1.54, 1.807) is 0 Å². The van der Waals surface area contributed by atoms with Crippen LogP contribution in [0, 0.1) is 16.2 Å². The lowest BCUT2D eigenvalue weighted by Crippen LogP contribution is -2.38. The van der Waals surface area contributed by atoms with Gasteiger partial charge in [-0.15, -0.1) is 0 Å². The summed E-state index contributed by atoms with van der Waals surface area (Å²) in [6, 6.07) is 0. The van der Waals surface area contributed by atoms with E-state index in [1.807, 2.05) is 0 Å². The molecule has 0 fully saturated rings. The number of carbonyl (C=O) groups excluding carboxylic acids is 2. The normalized spacial score (nSPS) is 12.4. The molecule has 0 aliphatic carbocycles. The first-order valence-corrected chi connectivity index (χ1v) is 11.7. The van der Waals surface area contributed by atoms with E-state index in [9.17, 15) is 9.59 Å². The van der Waals surface area contributed by atoms with Gasteiger partial charge in [0.25, 0.3) is 0 Å². The second kappa shape index (κ2) is 13.9. The molecule has 0 aromatic heterocycles. The topological polar surface area (TPSA) is 82.3 Å². The van der Waals surface area contributed by atoms with Crippen LogP contribution in [-0.4, -0.2) is 51.1 Å². The average Bonchev–Trinajstić information content (AvgIpc) is 2.57. The lowest BCUT2D eigenvalue weighted by Gasteiger charge is -2.32. The molecule has 0 radical (unpaired) electrons. The maximum absolute atomic E-state index is 12.0. The zero-order chi connectivity index (χ0) is 24.1. The summed E-state index contributed by atoms with van der Waals surface area (Å²) in [7, 11) is 0. The summed E-state index contributed by atoms with van der Waals surface area (Å²) >= 11 is 0. The standard InChI is InChI=1S/C25H50N4O2/c1-20(2)16-24(6,7)18-28-21(30)10-12-26-14-15-27-13-11-22(31)29-19-25(8,9)17-23(3,4)5/h16,26-27H,10-15,17-19H2,1-9H3,(H,28,30)(H,29,31). The first kappa shape index (κ1) is 29.6. The highest BCUT2D eigenvalue weighted by Crippen LogP contribution is 2.32. The summed E-state index contributed by atoms with van der Waals surface area (Å²) in [4.78, 5) is 24.0. The van der Waals surface area contributed by atoms with Crippen molar-refractivity contribution in [1.29, 1.82) is 0 Å². The van der Waals surface area contributed by atoms with Gasteiger partial charge in [0.1, 0.15) is 0 Å². The largest absolute Gasteiger partial charge is 0.356 e. The first-order valence-electron chi connectivity index (χ1n) is 11.7. The molecular formula is C25H50N4O2. The summed E-state index contributed by atoms with van der Waals surface area (Å²) in [6.45, 7) is 23.7. The summed E-state index contributed by atoms with van der Waals surface area (Å²) in [5.41, 5.74) is 1.58. The number of rotatable bonds is 15. The number of amides is 2. The Balaban J connectivity index is 3.74. The fourth-order valence-corrected chi connectivity index (χ4v) is 4.00. The Kier molecular flexibility index (Phi) is 13.3. The minimum absolute atomic E-state index is 0.0273. The molecular weight excluding hydrogens is 388 g/mol. The Bertz CT molecular complexity index is 571. The Morgan fingerprint density at radius 1 is 0.710 bits per heavy atom. The van der Waals surface area contributed by atoms with E-state index in [-0.39, 0.29) is 28.1 Å². The Morgan fingerprint density at radius 3 is 1.58 bits per heavy atom. The van der Waals surface area contributed by atoms with E-state index < -0.39 is 0 Å². The molecule has 0 aromatic carbocycles. The molecule has 0 spiro atoms. The molecule has 0 unspecified atom stereocenters. The summed E-state index contributed by atoms with van der Waals surface area (Å²) < 4.78 is 0. The summed E-state index contributed by atoms with van der Waals surface area (Å²) in [6.07, 6.45) is 4.20. The van der Waals surface area contributed by atoms with Gasteiger partial charge in [-0.05, 0) is 31.1 Å². The molecule has 182 valence electrons. The van der Waals surface area contributed by atoms with Crippen molar-refractivity contribution in [3.05, 3.63) is 11.6 Å². The summed E-state index contributed by atoms with van der Waals surface area (Å²) in [5.74, 6) is 0.164. The average molecular weight is 439 g/mol. The molecule has 0 atom stereocenters. The van der Waals surface area contributed by atoms with Crippen LogP contribution in [0.2, 0.25) is 0 Å². The van der Waals surface area contributed by atoms with E-state index >= 15 is 0 Å². The Labute approximate surface area is 191 Å². The van der Waals surface area contributed by atoms with Crippen molar-refractivity contribution in [2.24, 2.45) is 16.2 Å². The van der Waals surface area contributed by atoms with Crippen molar-refractivity contribution in [1.82, 2.24) is 21.3 Å². The molecule has 0 bridgehead atoms. The maximum atomic E-state index is 12.0. The zero-order valence-corrected chi connectivity index (χ0v) is 21.8. The Morgan fingerprint density at radius 2 is 1.16 bits per heavy atom. The van der Waals surface area contributed by atoms with Crippen LogP contribution in [0.4, 0.5) is 0 Å². The highest BCUT2D eigenvalue weighted by molar-refractivity contribution is 5.76. The van der Waals surface area contributed by atoms with Gasteiger partial charge in [-0.25, -0.2) is 0 Å². The van der Waals surface area contributed by atoms with Crippen molar-refractivity contribution in [3.63, 3.8) is 0 Å². The molecule has 0 saturated heterocycles. The number of carbonyl (C=O) groups is 2. The first-order chi connectivity index (χ1) is 14.1. The minimum Gasteiger partial charge on any atom is -0.356 e. The van der Waals surface area contributed by atoms with E-state index in [0.717, 1.165) is 19.5 Å². The minimum atomic E-state index is -0.0273. The van der Waals surface area contributed by atoms with Gasteiger partial charge in [-0.2, -0.15) is 0 Å². The predicted octanol–water partition coefficient (Wildman–Crippen LogP) is 3.63. The van der Waals surface area contributed by atoms with E-state index in [2.05, 4.69) is 89.7 Å². The van der Waals surface area contributed by atoms with Crippen LogP contribution < -0.4 is 21.3 Å². The van der Waals surface area contributed by atoms with Crippen molar-refractivity contribution in [3.8, 4) is 0 Å². The third-order valence-corrected chi connectivity index (χ3v) is 4.73. The van der Waals surface area contributed by atoms with Crippen LogP contribution in [0.3, 0.4) is 0 Å². The van der Waals surface area contributed by atoms with E-state index in [4.69, 9.17) is 0 Å². The molecule has 0 aromatic rings. The predicted molar refractivity (Wildman–Crippen MR) is 132 cm³/mol. The molecule has 2 amide bonds. The van der Waals surface area contributed by atoms with Crippen LogP contribution in [0.5, 0.6) is 0 Å². The second-order valence-electron chi connectivity index (χ2n) is 11.7. The van der Waals surface area contributed by atoms with Crippen LogP contribution in [0.15, 0.2) is 11.6 Å². The third kappa shape index (κ3) is 19.0.